The quantitative estimate of drug-likeness (QED) is 0.921. The number of hydrogen-bond acceptors (Lipinski definition) is 4. The number of nitrogen functional groups attached to an aromatic ring is 1. The maximum atomic E-state index is 6.05. The monoisotopic (exact) mass is 270 g/mol. The highest BCUT2D eigenvalue weighted by Crippen LogP contribution is 2.33. The summed E-state index contributed by atoms with van der Waals surface area (Å²) >= 11 is 0. The minimum atomic E-state index is 0.282. The van der Waals surface area contributed by atoms with E-state index in [-0.39, 0.29) is 5.92 Å². The van der Waals surface area contributed by atoms with Crippen molar-refractivity contribution in [2.45, 2.75) is 33.6 Å². The summed E-state index contributed by atoms with van der Waals surface area (Å²) < 4.78 is 0. The van der Waals surface area contributed by atoms with Crippen molar-refractivity contribution >= 4 is 17.3 Å². The van der Waals surface area contributed by atoms with E-state index in [1.165, 1.54) is 11.9 Å². The van der Waals surface area contributed by atoms with E-state index in [1.807, 2.05) is 0 Å². The maximum Gasteiger partial charge on any atom is 0.141 e. The molecular formula is C16H22N4. The van der Waals surface area contributed by atoms with Gasteiger partial charge in [-0.1, -0.05) is 26.0 Å². The van der Waals surface area contributed by atoms with Crippen molar-refractivity contribution in [1.82, 2.24) is 9.97 Å². The Morgan fingerprint density at radius 2 is 2.00 bits per heavy atom. The number of aromatic nitrogens is 2. The van der Waals surface area contributed by atoms with Crippen LogP contribution in [0.5, 0.6) is 0 Å². The van der Waals surface area contributed by atoms with Gasteiger partial charge in [-0.05, 0) is 37.5 Å². The van der Waals surface area contributed by atoms with Crippen molar-refractivity contribution in [2.75, 3.05) is 17.2 Å². The summed E-state index contributed by atoms with van der Waals surface area (Å²) in [6.45, 7) is 9.27. The molecule has 1 aromatic carbocycles. The zero-order valence-corrected chi connectivity index (χ0v) is 12.6. The van der Waals surface area contributed by atoms with Crippen LogP contribution in [0.3, 0.4) is 0 Å². The van der Waals surface area contributed by atoms with Crippen molar-refractivity contribution in [1.29, 1.82) is 0 Å². The van der Waals surface area contributed by atoms with Crippen molar-refractivity contribution in [3.05, 3.63) is 41.7 Å². The minimum absolute atomic E-state index is 0.282. The van der Waals surface area contributed by atoms with Crippen LogP contribution >= 0.6 is 0 Å². The molecule has 0 aliphatic heterocycles. The Labute approximate surface area is 120 Å². The third kappa shape index (κ3) is 2.74. The molecular weight excluding hydrogens is 248 g/mol. The molecule has 1 heterocycles. The molecule has 0 bridgehead atoms. The summed E-state index contributed by atoms with van der Waals surface area (Å²) in [4.78, 5) is 10.8. The van der Waals surface area contributed by atoms with Crippen LogP contribution in [0.1, 0.15) is 37.8 Å². The number of hydrogen-bond donors (Lipinski definition) is 1. The molecule has 0 aliphatic rings. The standard InChI is InChI=1S/C16H22N4/c1-5-20(13-8-6-7-12(4)9-13)16-14(11(2)3)15(17)18-10-19-16/h6-11H,5H2,1-4H3,(H2,17,18,19). The van der Waals surface area contributed by atoms with Crippen LogP contribution in [0.25, 0.3) is 0 Å². The average Bonchev–Trinajstić information content (AvgIpc) is 2.39. The fraction of sp³-hybridized carbons (Fsp3) is 0.375. The highest BCUT2D eigenvalue weighted by atomic mass is 15.2. The summed E-state index contributed by atoms with van der Waals surface area (Å²) in [5.74, 6) is 1.75. The van der Waals surface area contributed by atoms with Crippen LogP contribution < -0.4 is 10.6 Å². The van der Waals surface area contributed by atoms with E-state index in [0.717, 1.165) is 23.6 Å². The summed E-state index contributed by atoms with van der Waals surface area (Å²) in [5, 5.41) is 0. The second kappa shape index (κ2) is 5.90. The van der Waals surface area contributed by atoms with Gasteiger partial charge in [-0.15, -0.1) is 0 Å². The molecule has 0 saturated carbocycles. The van der Waals surface area contributed by atoms with Crippen molar-refractivity contribution in [3.8, 4) is 0 Å². The average molecular weight is 270 g/mol. The number of nitrogens with two attached hydrogens (primary N) is 1. The molecule has 1 aromatic heterocycles. The first-order chi connectivity index (χ1) is 9.54. The lowest BCUT2D eigenvalue weighted by Gasteiger charge is -2.26. The Morgan fingerprint density at radius 3 is 2.60 bits per heavy atom. The molecule has 2 rings (SSSR count). The number of nitrogens with zero attached hydrogens (tertiary/aromatic N) is 3. The zero-order valence-electron chi connectivity index (χ0n) is 12.6. The predicted molar refractivity (Wildman–Crippen MR) is 84.4 cm³/mol. The Hall–Kier alpha value is -2.10. The second-order valence-corrected chi connectivity index (χ2v) is 5.23. The van der Waals surface area contributed by atoms with Crippen molar-refractivity contribution < 1.29 is 0 Å². The van der Waals surface area contributed by atoms with E-state index in [0.29, 0.717) is 5.82 Å². The maximum absolute atomic E-state index is 6.05. The third-order valence-corrected chi connectivity index (χ3v) is 3.36. The van der Waals surface area contributed by atoms with Gasteiger partial charge in [0.1, 0.15) is 18.0 Å². The predicted octanol–water partition coefficient (Wildman–Crippen LogP) is 3.65. The molecule has 0 amide bonds. The van der Waals surface area contributed by atoms with Gasteiger partial charge in [0.25, 0.3) is 0 Å². The topological polar surface area (TPSA) is 55.0 Å². The van der Waals surface area contributed by atoms with E-state index >= 15 is 0 Å². The van der Waals surface area contributed by atoms with Gasteiger partial charge in [-0.25, -0.2) is 9.97 Å². The van der Waals surface area contributed by atoms with Crippen molar-refractivity contribution in [3.63, 3.8) is 0 Å². The van der Waals surface area contributed by atoms with Gasteiger partial charge in [-0.3, -0.25) is 0 Å². The number of anilines is 3. The Kier molecular flexibility index (Phi) is 4.23. The molecule has 0 fully saturated rings. The normalized spacial score (nSPS) is 10.8. The van der Waals surface area contributed by atoms with Gasteiger partial charge in [0.05, 0.1) is 0 Å². The van der Waals surface area contributed by atoms with Crippen molar-refractivity contribution in [2.24, 2.45) is 0 Å². The molecule has 0 unspecified atom stereocenters. The zero-order chi connectivity index (χ0) is 14.7. The Bertz CT molecular complexity index is 593. The molecule has 0 atom stereocenters. The fourth-order valence-corrected chi connectivity index (χ4v) is 2.42. The Balaban J connectivity index is 2.55. The van der Waals surface area contributed by atoms with Crippen LogP contribution in [-0.2, 0) is 0 Å². The van der Waals surface area contributed by atoms with Crippen LogP contribution in [0.2, 0.25) is 0 Å². The van der Waals surface area contributed by atoms with E-state index in [2.05, 4.69) is 66.8 Å². The molecule has 2 aromatic rings. The highest BCUT2D eigenvalue weighted by Gasteiger charge is 2.18. The van der Waals surface area contributed by atoms with Gasteiger partial charge in [0, 0.05) is 17.8 Å². The minimum Gasteiger partial charge on any atom is -0.383 e. The van der Waals surface area contributed by atoms with Gasteiger partial charge in [0.15, 0.2) is 0 Å². The molecule has 0 radical (unpaired) electrons. The molecule has 4 heteroatoms. The van der Waals surface area contributed by atoms with Crippen LogP contribution in [-0.4, -0.2) is 16.5 Å². The van der Waals surface area contributed by atoms with Crippen LogP contribution in [0, 0.1) is 6.92 Å². The third-order valence-electron chi connectivity index (χ3n) is 3.36. The second-order valence-electron chi connectivity index (χ2n) is 5.23. The number of rotatable bonds is 4. The van der Waals surface area contributed by atoms with E-state index in [1.54, 1.807) is 0 Å². The number of aryl methyl sites for hydroxylation is 1. The van der Waals surface area contributed by atoms with E-state index in [4.69, 9.17) is 5.73 Å². The van der Waals surface area contributed by atoms with Crippen LogP contribution in [0.4, 0.5) is 17.3 Å². The summed E-state index contributed by atoms with van der Waals surface area (Å²) in [6, 6.07) is 8.41. The number of benzene rings is 1. The lowest BCUT2D eigenvalue weighted by Crippen LogP contribution is -2.21. The summed E-state index contributed by atoms with van der Waals surface area (Å²) in [5.41, 5.74) is 9.42. The van der Waals surface area contributed by atoms with Gasteiger partial charge in [0.2, 0.25) is 0 Å². The molecule has 106 valence electrons. The first-order valence-corrected chi connectivity index (χ1v) is 6.99. The van der Waals surface area contributed by atoms with E-state index in [9.17, 15) is 0 Å². The molecule has 2 N–H and O–H groups in total. The molecule has 0 spiro atoms. The molecule has 4 nitrogen and oxygen atoms in total. The Morgan fingerprint density at radius 1 is 1.25 bits per heavy atom. The van der Waals surface area contributed by atoms with Gasteiger partial charge < -0.3 is 10.6 Å². The van der Waals surface area contributed by atoms with Crippen LogP contribution in [0.15, 0.2) is 30.6 Å². The van der Waals surface area contributed by atoms with Gasteiger partial charge >= 0.3 is 0 Å². The van der Waals surface area contributed by atoms with E-state index < -0.39 is 0 Å². The SMILES string of the molecule is CCN(c1cccc(C)c1)c1ncnc(N)c1C(C)C. The first kappa shape index (κ1) is 14.3. The molecule has 0 aliphatic carbocycles. The molecule has 0 saturated heterocycles. The first-order valence-electron chi connectivity index (χ1n) is 6.99. The summed E-state index contributed by atoms with van der Waals surface area (Å²) in [6.07, 6.45) is 1.54. The lowest BCUT2D eigenvalue weighted by atomic mass is 10.0. The lowest BCUT2D eigenvalue weighted by molar-refractivity contribution is 0.834. The smallest absolute Gasteiger partial charge is 0.141 e. The highest BCUT2D eigenvalue weighted by molar-refractivity contribution is 5.67. The molecule has 20 heavy (non-hydrogen) atoms. The fourth-order valence-electron chi connectivity index (χ4n) is 2.42. The largest absolute Gasteiger partial charge is 0.383 e. The summed E-state index contributed by atoms with van der Waals surface area (Å²) in [7, 11) is 0. The van der Waals surface area contributed by atoms with Gasteiger partial charge in [-0.2, -0.15) is 0 Å².